The second-order valence-corrected chi connectivity index (χ2v) is 8.45. The van der Waals surface area contributed by atoms with Crippen molar-refractivity contribution in [1.82, 2.24) is 5.32 Å². The molecule has 134 valence electrons. The van der Waals surface area contributed by atoms with E-state index in [1.807, 2.05) is 17.5 Å². The second-order valence-electron chi connectivity index (χ2n) is 7.50. The van der Waals surface area contributed by atoms with Gasteiger partial charge in [0.1, 0.15) is 0 Å². The molecule has 0 bridgehead atoms. The maximum Gasteiger partial charge on any atom is 0.261 e. The molecule has 1 fully saturated rings. The third-order valence-corrected chi connectivity index (χ3v) is 5.88. The predicted octanol–water partition coefficient (Wildman–Crippen LogP) is 4.54. The molecule has 0 spiro atoms. The molecule has 1 saturated heterocycles. The smallest absolute Gasteiger partial charge is 0.261 e. The Morgan fingerprint density at radius 2 is 2.08 bits per heavy atom. The van der Waals surface area contributed by atoms with Gasteiger partial charge in [-0.2, -0.15) is 0 Å². The summed E-state index contributed by atoms with van der Waals surface area (Å²) in [5.41, 5.74) is 1.26. The van der Waals surface area contributed by atoms with E-state index in [1.165, 1.54) is 16.9 Å². The third kappa shape index (κ3) is 5.16. The van der Waals surface area contributed by atoms with Crippen LogP contribution in [0.3, 0.4) is 0 Å². The first-order chi connectivity index (χ1) is 12.0. The van der Waals surface area contributed by atoms with Crippen molar-refractivity contribution in [2.75, 3.05) is 13.2 Å². The van der Waals surface area contributed by atoms with E-state index in [0.717, 1.165) is 30.7 Å². The molecular formula is C21H27NO2S. The van der Waals surface area contributed by atoms with Gasteiger partial charge in [0.2, 0.25) is 0 Å². The Labute approximate surface area is 154 Å². The number of amides is 1. The molecule has 0 saturated carbocycles. The Hall–Kier alpha value is -1.65. The minimum Gasteiger partial charge on any atom is -0.376 e. The van der Waals surface area contributed by atoms with Gasteiger partial charge in [0, 0.05) is 13.2 Å². The zero-order valence-corrected chi connectivity index (χ0v) is 15.9. The van der Waals surface area contributed by atoms with Gasteiger partial charge in [-0.1, -0.05) is 36.4 Å². The normalized spacial score (nSPS) is 20.8. The van der Waals surface area contributed by atoms with Gasteiger partial charge in [0.05, 0.1) is 10.5 Å². The van der Waals surface area contributed by atoms with Crippen LogP contribution in [0.2, 0.25) is 0 Å². The zero-order valence-electron chi connectivity index (χ0n) is 15.0. The average Bonchev–Trinajstić information content (AvgIpc) is 3.13. The Morgan fingerprint density at radius 1 is 1.28 bits per heavy atom. The fourth-order valence-corrected chi connectivity index (χ4v) is 4.36. The summed E-state index contributed by atoms with van der Waals surface area (Å²) in [5.74, 6) is 1.03. The maximum atomic E-state index is 12.3. The van der Waals surface area contributed by atoms with E-state index in [9.17, 15) is 4.79 Å². The Bertz CT molecular complexity index is 666. The Balaban J connectivity index is 1.68. The third-order valence-electron chi connectivity index (χ3n) is 5.01. The number of carbonyl (C=O) groups is 1. The number of carbonyl (C=O) groups excluding carboxylic acids is 1. The summed E-state index contributed by atoms with van der Waals surface area (Å²) in [6, 6.07) is 14.4. The molecule has 1 aliphatic rings. The van der Waals surface area contributed by atoms with Gasteiger partial charge in [0.25, 0.3) is 5.91 Å². The molecular weight excluding hydrogens is 330 g/mol. The summed E-state index contributed by atoms with van der Waals surface area (Å²) in [4.78, 5) is 13.1. The first-order valence-electron chi connectivity index (χ1n) is 9.03. The van der Waals surface area contributed by atoms with E-state index < -0.39 is 0 Å². The molecule has 2 aromatic rings. The van der Waals surface area contributed by atoms with Crippen molar-refractivity contribution < 1.29 is 9.53 Å². The lowest BCUT2D eigenvalue weighted by Gasteiger charge is -2.39. The van der Waals surface area contributed by atoms with Crippen LogP contribution in [0.4, 0.5) is 0 Å². The van der Waals surface area contributed by atoms with Crippen molar-refractivity contribution in [3.63, 3.8) is 0 Å². The highest BCUT2D eigenvalue weighted by Gasteiger charge is 2.33. The lowest BCUT2D eigenvalue weighted by atomic mass is 9.77. The fraction of sp³-hybridized carbons (Fsp3) is 0.476. The van der Waals surface area contributed by atoms with Gasteiger partial charge in [-0.05, 0) is 62.0 Å². The second kappa shape index (κ2) is 8.15. The SMILES string of the molecule is CC1(C)CC(C(CNC(=O)c2cccs2)Cc2ccccc2)CCO1. The molecule has 1 aromatic heterocycles. The Morgan fingerprint density at radius 3 is 2.76 bits per heavy atom. The minimum absolute atomic E-state index is 0.0411. The number of ether oxygens (including phenoxy) is 1. The van der Waals surface area contributed by atoms with Crippen molar-refractivity contribution in [3.05, 3.63) is 58.3 Å². The molecule has 1 N–H and O–H groups in total. The average molecular weight is 358 g/mol. The molecule has 25 heavy (non-hydrogen) atoms. The molecule has 3 nitrogen and oxygen atoms in total. The fourth-order valence-electron chi connectivity index (χ4n) is 3.72. The largest absolute Gasteiger partial charge is 0.376 e. The van der Waals surface area contributed by atoms with Crippen LogP contribution in [0.15, 0.2) is 47.8 Å². The van der Waals surface area contributed by atoms with Crippen molar-refractivity contribution in [1.29, 1.82) is 0 Å². The number of thiophene rings is 1. The van der Waals surface area contributed by atoms with Gasteiger partial charge in [-0.15, -0.1) is 11.3 Å². The lowest BCUT2D eigenvalue weighted by Crippen LogP contribution is -2.41. The predicted molar refractivity (Wildman–Crippen MR) is 103 cm³/mol. The number of rotatable bonds is 6. The van der Waals surface area contributed by atoms with Crippen LogP contribution >= 0.6 is 11.3 Å². The summed E-state index contributed by atoms with van der Waals surface area (Å²) in [7, 11) is 0. The maximum absolute atomic E-state index is 12.3. The van der Waals surface area contributed by atoms with E-state index in [-0.39, 0.29) is 11.5 Å². The number of hydrogen-bond donors (Lipinski definition) is 1. The molecule has 2 heterocycles. The number of hydrogen-bond acceptors (Lipinski definition) is 3. The molecule has 2 atom stereocenters. The minimum atomic E-state index is -0.0738. The highest BCUT2D eigenvalue weighted by molar-refractivity contribution is 7.12. The van der Waals surface area contributed by atoms with Crippen molar-refractivity contribution in [3.8, 4) is 0 Å². The molecule has 2 unspecified atom stereocenters. The van der Waals surface area contributed by atoms with Gasteiger partial charge >= 0.3 is 0 Å². The van der Waals surface area contributed by atoms with E-state index in [4.69, 9.17) is 4.74 Å². The van der Waals surface area contributed by atoms with Crippen LogP contribution in [0.5, 0.6) is 0 Å². The molecule has 1 aromatic carbocycles. The van der Waals surface area contributed by atoms with Crippen molar-refractivity contribution in [2.24, 2.45) is 11.8 Å². The summed E-state index contributed by atoms with van der Waals surface area (Å²) in [6.07, 6.45) is 3.10. The van der Waals surface area contributed by atoms with Crippen LogP contribution in [0, 0.1) is 11.8 Å². The zero-order chi connectivity index (χ0) is 17.7. The van der Waals surface area contributed by atoms with Crippen molar-refractivity contribution in [2.45, 2.75) is 38.7 Å². The Kier molecular flexibility index (Phi) is 5.92. The molecule has 1 aliphatic heterocycles. The lowest BCUT2D eigenvalue weighted by molar-refractivity contribution is -0.0821. The van der Waals surface area contributed by atoms with E-state index in [1.54, 1.807) is 0 Å². The molecule has 1 amide bonds. The molecule has 3 rings (SSSR count). The van der Waals surface area contributed by atoms with Gasteiger partial charge in [-0.3, -0.25) is 4.79 Å². The molecule has 0 aliphatic carbocycles. The van der Waals surface area contributed by atoms with Crippen LogP contribution in [-0.2, 0) is 11.2 Å². The molecule has 0 radical (unpaired) electrons. The van der Waals surface area contributed by atoms with Gasteiger partial charge in [0.15, 0.2) is 0 Å². The van der Waals surface area contributed by atoms with Gasteiger partial charge in [-0.25, -0.2) is 0 Å². The van der Waals surface area contributed by atoms with Crippen LogP contribution < -0.4 is 5.32 Å². The van der Waals surface area contributed by atoms with Gasteiger partial charge < -0.3 is 10.1 Å². The number of benzene rings is 1. The highest BCUT2D eigenvalue weighted by atomic mass is 32.1. The summed E-state index contributed by atoms with van der Waals surface area (Å²) in [6.45, 7) is 5.86. The topological polar surface area (TPSA) is 38.3 Å². The summed E-state index contributed by atoms with van der Waals surface area (Å²) >= 11 is 1.49. The van der Waals surface area contributed by atoms with E-state index >= 15 is 0 Å². The van der Waals surface area contributed by atoms with Crippen LogP contribution in [-0.4, -0.2) is 24.7 Å². The van der Waals surface area contributed by atoms with Crippen LogP contribution in [0.25, 0.3) is 0 Å². The van der Waals surface area contributed by atoms with Crippen molar-refractivity contribution >= 4 is 17.2 Å². The summed E-state index contributed by atoms with van der Waals surface area (Å²) in [5, 5.41) is 5.10. The van der Waals surface area contributed by atoms with Crippen LogP contribution in [0.1, 0.15) is 41.9 Å². The van der Waals surface area contributed by atoms with E-state index in [0.29, 0.717) is 18.4 Å². The summed E-state index contributed by atoms with van der Waals surface area (Å²) < 4.78 is 5.89. The quantitative estimate of drug-likeness (QED) is 0.824. The molecule has 4 heteroatoms. The first kappa shape index (κ1) is 18.2. The first-order valence-corrected chi connectivity index (χ1v) is 9.91. The van der Waals surface area contributed by atoms with E-state index in [2.05, 4.69) is 49.5 Å². The highest BCUT2D eigenvalue weighted by Crippen LogP contribution is 2.34. The monoisotopic (exact) mass is 357 g/mol. The standard InChI is InChI=1S/C21H27NO2S/c1-21(2)14-17(10-11-24-21)18(13-16-7-4-3-5-8-16)15-22-20(23)19-9-6-12-25-19/h3-9,12,17-18H,10-11,13-15H2,1-2H3,(H,22,23). The number of nitrogens with one attached hydrogen (secondary N) is 1.